The van der Waals surface area contributed by atoms with Crippen molar-refractivity contribution in [2.75, 3.05) is 12.4 Å². The van der Waals surface area contributed by atoms with Gasteiger partial charge < -0.3 is 0 Å². The van der Waals surface area contributed by atoms with Gasteiger partial charge in [-0.1, -0.05) is 33.6 Å². The molecule has 0 fully saturated rings. The van der Waals surface area contributed by atoms with Gasteiger partial charge in [-0.3, -0.25) is 4.90 Å². The zero-order valence-corrected chi connectivity index (χ0v) is 11.1. The van der Waals surface area contributed by atoms with E-state index in [-0.39, 0.29) is 5.82 Å². The SMILES string of the molecule is CC(CBr)N(C)Cc1c(F)cccc1Cl. The van der Waals surface area contributed by atoms with Crippen molar-refractivity contribution in [1.29, 1.82) is 0 Å². The second-order valence-corrected chi connectivity index (χ2v) is 4.67. The second-order valence-electron chi connectivity index (χ2n) is 3.62. The van der Waals surface area contributed by atoms with Crippen molar-refractivity contribution in [3.63, 3.8) is 0 Å². The van der Waals surface area contributed by atoms with Crippen LogP contribution in [0.15, 0.2) is 18.2 Å². The lowest BCUT2D eigenvalue weighted by Crippen LogP contribution is -2.30. The van der Waals surface area contributed by atoms with E-state index in [2.05, 4.69) is 27.8 Å². The number of hydrogen-bond acceptors (Lipinski definition) is 1. The molecule has 1 aromatic rings. The molecule has 0 saturated heterocycles. The van der Waals surface area contributed by atoms with E-state index in [1.807, 2.05) is 7.05 Å². The summed E-state index contributed by atoms with van der Waals surface area (Å²) in [4.78, 5) is 2.05. The molecule has 0 aliphatic heterocycles. The van der Waals surface area contributed by atoms with Crippen LogP contribution in [0.25, 0.3) is 0 Å². The maximum Gasteiger partial charge on any atom is 0.129 e. The fourth-order valence-electron chi connectivity index (χ4n) is 1.21. The third-order valence-corrected chi connectivity index (χ3v) is 3.74. The summed E-state index contributed by atoms with van der Waals surface area (Å²) in [5, 5.41) is 1.35. The van der Waals surface area contributed by atoms with Crippen molar-refractivity contribution in [2.24, 2.45) is 0 Å². The maximum absolute atomic E-state index is 13.5. The molecule has 4 heteroatoms. The average molecular weight is 295 g/mol. The zero-order valence-electron chi connectivity index (χ0n) is 8.80. The first kappa shape index (κ1) is 12.9. The normalized spacial score (nSPS) is 13.2. The van der Waals surface area contributed by atoms with Crippen molar-refractivity contribution in [3.05, 3.63) is 34.6 Å². The smallest absolute Gasteiger partial charge is 0.129 e. The fourth-order valence-corrected chi connectivity index (χ4v) is 1.92. The minimum atomic E-state index is -0.240. The van der Waals surface area contributed by atoms with E-state index in [1.54, 1.807) is 12.1 Å². The highest BCUT2D eigenvalue weighted by atomic mass is 79.9. The molecular formula is C11H14BrClFN. The lowest BCUT2D eigenvalue weighted by atomic mass is 10.2. The molecule has 1 nitrogen and oxygen atoms in total. The molecule has 0 aromatic heterocycles. The van der Waals surface area contributed by atoms with Crippen molar-refractivity contribution in [1.82, 2.24) is 4.90 Å². The monoisotopic (exact) mass is 293 g/mol. The van der Waals surface area contributed by atoms with Crippen LogP contribution in [0.1, 0.15) is 12.5 Å². The molecular weight excluding hydrogens is 280 g/mol. The van der Waals surface area contributed by atoms with Crippen LogP contribution in [0, 0.1) is 5.82 Å². The average Bonchev–Trinajstić information content (AvgIpc) is 2.22. The van der Waals surface area contributed by atoms with Gasteiger partial charge in [0.25, 0.3) is 0 Å². The first-order valence-electron chi connectivity index (χ1n) is 4.75. The Kier molecular flexibility index (Phi) is 5.03. The number of halogens is 3. The predicted octanol–water partition coefficient (Wildman–Crippen LogP) is 3.69. The van der Waals surface area contributed by atoms with Crippen molar-refractivity contribution in [3.8, 4) is 0 Å². The third-order valence-electron chi connectivity index (χ3n) is 2.44. The third kappa shape index (κ3) is 3.44. The van der Waals surface area contributed by atoms with Crippen molar-refractivity contribution in [2.45, 2.75) is 19.5 Å². The molecule has 0 bridgehead atoms. The van der Waals surface area contributed by atoms with Gasteiger partial charge >= 0.3 is 0 Å². The Morgan fingerprint density at radius 1 is 1.53 bits per heavy atom. The van der Waals surface area contributed by atoms with Crippen molar-refractivity contribution >= 4 is 27.5 Å². The predicted molar refractivity (Wildman–Crippen MR) is 66.1 cm³/mol. The van der Waals surface area contributed by atoms with Crippen molar-refractivity contribution < 1.29 is 4.39 Å². The molecule has 0 aliphatic carbocycles. The van der Waals surface area contributed by atoms with Crippen LogP contribution in [-0.4, -0.2) is 23.3 Å². The van der Waals surface area contributed by atoms with E-state index in [1.165, 1.54) is 6.07 Å². The molecule has 84 valence electrons. The lowest BCUT2D eigenvalue weighted by Gasteiger charge is -2.23. The largest absolute Gasteiger partial charge is 0.298 e. The number of benzene rings is 1. The number of alkyl halides is 1. The molecule has 1 unspecified atom stereocenters. The van der Waals surface area contributed by atoms with E-state index in [0.29, 0.717) is 23.2 Å². The molecule has 0 heterocycles. The molecule has 15 heavy (non-hydrogen) atoms. The molecule has 0 spiro atoms. The van der Waals surface area contributed by atoms with Gasteiger partial charge in [0.15, 0.2) is 0 Å². The first-order valence-corrected chi connectivity index (χ1v) is 6.25. The van der Waals surface area contributed by atoms with Gasteiger partial charge in [-0.15, -0.1) is 0 Å². The maximum atomic E-state index is 13.5. The van der Waals surface area contributed by atoms with Gasteiger partial charge in [0.1, 0.15) is 5.82 Å². The Balaban J connectivity index is 2.80. The van der Waals surface area contributed by atoms with Crippen LogP contribution in [0.3, 0.4) is 0 Å². The summed E-state index contributed by atoms with van der Waals surface area (Å²) in [5.41, 5.74) is 0.564. The Hall–Kier alpha value is -0.120. The van der Waals surface area contributed by atoms with Gasteiger partial charge in [-0.05, 0) is 26.1 Å². The zero-order chi connectivity index (χ0) is 11.4. The summed E-state index contributed by atoms with van der Waals surface area (Å²) in [6, 6.07) is 5.12. The second kappa shape index (κ2) is 5.83. The minimum absolute atomic E-state index is 0.240. The Labute approximate surface area is 103 Å². The summed E-state index contributed by atoms with van der Waals surface area (Å²) >= 11 is 9.34. The minimum Gasteiger partial charge on any atom is -0.298 e. The molecule has 1 atom stereocenters. The van der Waals surface area contributed by atoms with E-state index in [9.17, 15) is 4.39 Å². The standard InChI is InChI=1S/C11H14BrClFN/c1-8(6-12)15(2)7-9-10(13)4-3-5-11(9)14/h3-5,8H,6-7H2,1-2H3. The van der Waals surface area contributed by atoms with E-state index < -0.39 is 0 Å². The van der Waals surface area contributed by atoms with Crippen LogP contribution < -0.4 is 0 Å². The van der Waals surface area contributed by atoms with Crippen LogP contribution in [-0.2, 0) is 6.54 Å². The molecule has 1 rings (SSSR count). The lowest BCUT2D eigenvalue weighted by molar-refractivity contribution is 0.267. The first-order chi connectivity index (χ1) is 7.06. The quantitative estimate of drug-likeness (QED) is 0.766. The summed E-state index contributed by atoms with van der Waals surface area (Å²) in [7, 11) is 1.95. The molecule has 0 radical (unpaired) electrons. The molecule has 0 N–H and O–H groups in total. The van der Waals surface area contributed by atoms with Gasteiger partial charge in [0, 0.05) is 28.5 Å². The highest BCUT2D eigenvalue weighted by molar-refractivity contribution is 9.09. The molecule has 0 amide bonds. The Bertz CT molecular complexity index is 312. The van der Waals surface area contributed by atoms with Gasteiger partial charge in [0.05, 0.1) is 0 Å². The van der Waals surface area contributed by atoms with Crippen LogP contribution in [0.2, 0.25) is 5.02 Å². The Morgan fingerprint density at radius 2 is 2.20 bits per heavy atom. The molecule has 1 aromatic carbocycles. The highest BCUT2D eigenvalue weighted by Gasteiger charge is 2.13. The molecule has 0 aliphatic rings. The fraction of sp³-hybridized carbons (Fsp3) is 0.455. The van der Waals surface area contributed by atoms with E-state index in [0.717, 1.165) is 5.33 Å². The number of hydrogen-bond donors (Lipinski definition) is 0. The van der Waals surface area contributed by atoms with E-state index >= 15 is 0 Å². The van der Waals surface area contributed by atoms with Crippen LogP contribution >= 0.6 is 27.5 Å². The summed E-state index contributed by atoms with van der Waals surface area (Å²) in [5.74, 6) is -0.240. The summed E-state index contributed by atoms with van der Waals surface area (Å²) in [6.45, 7) is 2.60. The van der Waals surface area contributed by atoms with E-state index in [4.69, 9.17) is 11.6 Å². The van der Waals surface area contributed by atoms with Crippen LogP contribution in [0.4, 0.5) is 4.39 Å². The van der Waals surface area contributed by atoms with Gasteiger partial charge in [-0.2, -0.15) is 0 Å². The van der Waals surface area contributed by atoms with Gasteiger partial charge in [0.2, 0.25) is 0 Å². The number of rotatable bonds is 4. The number of nitrogens with zero attached hydrogens (tertiary/aromatic N) is 1. The Morgan fingerprint density at radius 3 is 2.73 bits per heavy atom. The summed E-state index contributed by atoms with van der Waals surface area (Å²) < 4.78 is 13.5. The summed E-state index contributed by atoms with van der Waals surface area (Å²) in [6.07, 6.45) is 0. The topological polar surface area (TPSA) is 3.24 Å². The van der Waals surface area contributed by atoms with Crippen LogP contribution in [0.5, 0.6) is 0 Å². The van der Waals surface area contributed by atoms with Gasteiger partial charge in [-0.25, -0.2) is 4.39 Å². The highest BCUT2D eigenvalue weighted by Crippen LogP contribution is 2.21. The molecule has 0 saturated carbocycles.